The molecule has 3 aromatic rings. The zero-order valence-corrected chi connectivity index (χ0v) is 15.3. The van der Waals surface area contributed by atoms with Gasteiger partial charge in [-0.2, -0.15) is 5.10 Å². The Morgan fingerprint density at radius 1 is 1.15 bits per heavy atom. The Morgan fingerprint density at radius 3 is 2.65 bits per heavy atom. The van der Waals surface area contributed by atoms with Gasteiger partial charge in [-0.1, -0.05) is 38.1 Å². The maximum Gasteiger partial charge on any atom is 0.193 e. The van der Waals surface area contributed by atoms with Gasteiger partial charge in [0.25, 0.3) is 0 Å². The molecule has 0 amide bonds. The highest BCUT2D eigenvalue weighted by Crippen LogP contribution is 2.18. The fourth-order valence-corrected chi connectivity index (χ4v) is 2.71. The molecule has 0 radical (unpaired) electrons. The van der Waals surface area contributed by atoms with Gasteiger partial charge in [-0.25, -0.2) is 4.68 Å². The molecule has 5 heteroatoms. The molecule has 134 valence electrons. The van der Waals surface area contributed by atoms with Crippen LogP contribution in [0.5, 0.6) is 0 Å². The predicted molar refractivity (Wildman–Crippen MR) is 108 cm³/mol. The second-order valence-electron chi connectivity index (χ2n) is 6.54. The van der Waals surface area contributed by atoms with Crippen LogP contribution in [-0.2, 0) is 6.42 Å². The van der Waals surface area contributed by atoms with Crippen LogP contribution in [0.2, 0.25) is 0 Å². The topological polar surface area (TPSA) is 68.2 Å². The molecular weight excluding hydrogens is 322 g/mol. The average molecular weight is 347 g/mol. The van der Waals surface area contributed by atoms with Crippen LogP contribution in [0.1, 0.15) is 30.9 Å². The summed E-state index contributed by atoms with van der Waals surface area (Å²) < 4.78 is 1.84. The van der Waals surface area contributed by atoms with Gasteiger partial charge < -0.3 is 11.1 Å². The van der Waals surface area contributed by atoms with Crippen molar-refractivity contribution in [3.63, 3.8) is 0 Å². The van der Waals surface area contributed by atoms with Gasteiger partial charge in [-0.3, -0.25) is 4.99 Å². The standard InChI is InChI=1S/C21H25N5/c1-16(2)18-5-3-6-19(15-18)25-21(22)23-13-11-17-7-9-20(10-8-17)26-14-4-12-24-26/h3-10,12,14-16H,11,13H2,1-2H3,(H3,22,23,25). The summed E-state index contributed by atoms with van der Waals surface area (Å²) in [5.41, 5.74) is 10.5. The van der Waals surface area contributed by atoms with Crippen molar-refractivity contribution < 1.29 is 0 Å². The molecule has 0 aliphatic rings. The zero-order chi connectivity index (χ0) is 18.4. The third-order valence-corrected chi connectivity index (χ3v) is 4.21. The summed E-state index contributed by atoms with van der Waals surface area (Å²) in [6.45, 7) is 4.99. The highest BCUT2D eigenvalue weighted by Gasteiger charge is 2.01. The molecule has 1 aromatic heterocycles. The van der Waals surface area contributed by atoms with Crippen LogP contribution in [0, 0.1) is 0 Å². The largest absolute Gasteiger partial charge is 0.370 e. The van der Waals surface area contributed by atoms with E-state index in [-0.39, 0.29) is 0 Å². The maximum atomic E-state index is 6.01. The van der Waals surface area contributed by atoms with E-state index in [1.807, 2.05) is 29.1 Å². The van der Waals surface area contributed by atoms with Crippen LogP contribution in [0.25, 0.3) is 5.69 Å². The summed E-state index contributed by atoms with van der Waals surface area (Å²) in [5.74, 6) is 0.929. The van der Waals surface area contributed by atoms with E-state index in [4.69, 9.17) is 5.73 Å². The van der Waals surface area contributed by atoms with E-state index in [1.165, 1.54) is 11.1 Å². The van der Waals surface area contributed by atoms with Gasteiger partial charge in [0.15, 0.2) is 5.96 Å². The highest BCUT2D eigenvalue weighted by molar-refractivity contribution is 5.92. The molecule has 26 heavy (non-hydrogen) atoms. The second kappa shape index (κ2) is 8.34. The van der Waals surface area contributed by atoms with Crippen molar-refractivity contribution >= 4 is 11.6 Å². The summed E-state index contributed by atoms with van der Waals surface area (Å²) in [5, 5.41) is 7.40. The minimum atomic E-state index is 0.444. The molecule has 1 heterocycles. The summed E-state index contributed by atoms with van der Waals surface area (Å²) >= 11 is 0. The number of benzene rings is 2. The number of guanidine groups is 1. The Balaban J connectivity index is 1.54. The van der Waals surface area contributed by atoms with E-state index in [0.717, 1.165) is 17.8 Å². The Labute approximate surface area is 154 Å². The van der Waals surface area contributed by atoms with Crippen molar-refractivity contribution in [2.45, 2.75) is 26.2 Å². The molecule has 5 nitrogen and oxygen atoms in total. The highest BCUT2D eigenvalue weighted by atomic mass is 15.3. The molecule has 0 aliphatic carbocycles. The first-order valence-electron chi connectivity index (χ1n) is 8.87. The quantitative estimate of drug-likeness (QED) is 0.524. The third kappa shape index (κ3) is 4.72. The van der Waals surface area contributed by atoms with Gasteiger partial charge >= 0.3 is 0 Å². The summed E-state index contributed by atoms with van der Waals surface area (Å²) in [4.78, 5) is 4.43. The van der Waals surface area contributed by atoms with E-state index in [2.05, 4.69) is 65.7 Å². The molecule has 0 saturated carbocycles. The van der Waals surface area contributed by atoms with Crippen LogP contribution in [0.4, 0.5) is 5.69 Å². The minimum Gasteiger partial charge on any atom is -0.370 e. The van der Waals surface area contributed by atoms with Gasteiger partial charge in [-0.15, -0.1) is 0 Å². The number of nitrogens with two attached hydrogens (primary N) is 1. The Morgan fingerprint density at radius 2 is 1.96 bits per heavy atom. The number of rotatable bonds is 6. The van der Waals surface area contributed by atoms with Crippen molar-refractivity contribution in [3.05, 3.63) is 78.1 Å². The van der Waals surface area contributed by atoms with E-state index in [1.54, 1.807) is 6.20 Å². The Hall–Kier alpha value is -3.08. The van der Waals surface area contributed by atoms with Crippen molar-refractivity contribution in [1.29, 1.82) is 0 Å². The number of hydrogen-bond donors (Lipinski definition) is 2. The average Bonchev–Trinajstić information content (AvgIpc) is 3.17. The fourth-order valence-electron chi connectivity index (χ4n) is 2.71. The Bertz CT molecular complexity index is 848. The van der Waals surface area contributed by atoms with E-state index in [9.17, 15) is 0 Å². The van der Waals surface area contributed by atoms with Crippen molar-refractivity contribution in [3.8, 4) is 5.69 Å². The van der Waals surface area contributed by atoms with E-state index in [0.29, 0.717) is 18.4 Å². The van der Waals surface area contributed by atoms with Gasteiger partial charge in [0, 0.05) is 24.6 Å². The Kier molecular flexibility index (Phi) is 5.69. The van der Waals surface area contributed by atoms with Gasteiger partial charge in [0.2, 0.25) is 0 Å². The predicted octanol–water partition coefficient (Wildman–Crippen LogP) is 3.97. The molecule has 3 N–H and O–H groups in total. The van der Waals surface area contributed by atoms with Crippen LogP contribution >= 0.6 is 0 Å². The lowest BCUT2D eigenvalue weighted by atomic mass is 10.0. The SMILES string of the molecule is CC(C)c1cccc(NC(N)=NCCc2ccc(-n3cccn3)cc2)c1. The molecule has 0 saturated heterocycles. The number of hydrogen-bond acceptors (Lipinski definition) is 2. The molecule has 0 bridgehead atoms. The number of nitrogens with zero attached hydrogens (tertiary/aromatic N) is 3. The fraction of sp³-hybridized carbons (Fsp3) is 0.238. The van der Waals surface area contributed by atoms with Crippen LogP contribution in [-0.4, -0.2) is 22.3 Å². The first-order chi connectivity index (χ1) is 12.6. The molecule has 2 aromatic carbocycles. The van der Waals surface area contributed by atoms with Crippen molar-refractivity contribution in [2.24, 2.45) is 10.7 Å². The normalized spacial score (nSPS) is 11.7. The van der Waals surface area contributed by atoms with Gasteiger partial charge in [0.05, 0.1) is 5.69 Å². The molecule has 0 spiro atoms. The van der Waals surface area contributed by atoms with Crippen LogP contribution < -0.4 is 11.1 Å². The molecule has 3 rings (SSSR count). The van der Waals surface area contributed by atoms with Crippen LogP contribution in [0.3, 0.4) is 0 Å². The van der Waals surface area contributed by atoms with Gasteiger partial charge in [-0.05, 0) is 53.8 Å². The first-order valence-corrected chi connectivity index (χ1v) is 8.87. The summed E-state index contributed by atoms with van der Waals surface area (Å²) in [7, 11) is 0. The minimum absolute atomic E-state index is 0.444. The van der Waals surface area contributed by atoms with Crippen molar-refractivity contribution in [1.82, 2.24) is 9.78 Å². The van der Waals surface area contributed by atoms with E-state index < -0.39 is 0 Å². The molecular formula is C21H25N5. The lowest BCUT2D eigenvalue weighted by Gasteiger charge is -2.10. The molecule has 0 aliphatic heterocycles. The summed E-state index contributed by atoms with van der Waals surface area (Å²) in [6.07, 6.45) is 4.54. The monoisotopic (exact) mass is 347 g/mol. The number of nitrogens with one attached hydrogen (secondary N) is 1. The molecule has 0 fully saturated rings. The maximum absolute atomic E-state index is 6.01. The molecule has 0 atom stereocenters. The molecule has 0 unspecified atom stereocenters. The lowest BCUT2D eigenvalue weighted by molar-refractivity contribution is 0.867. The summed E-state index contributed by atoms with van der Waals surface area (Å²) in [6, 6.07) is 18.5. The van der Waals surface area contributed by atoms with Gasteiger partial charge in [0.1, 0.15) is 0 Å². The number of aliphatic imine (C=N–C) groups is 1. The van der Waals surface area contributed by atoms with E-state index >= 15 is 0 Å². The first kappa shape index (κ1) is 17.7. The van der Waals surface area contributed by atoms with Crippen molar-refractivity contribution in [2.75, 3.05) is 11.9 Å². The third-order valence-electron chi connectivity index (χ3n) is 4.21. The number of anilines is 1. The zero-order valence-electron chi connectivity index (χ0n) is 15.3. The second-order valence-corrected chi connectivity index (χ2v) is 6.54. The van der Waals surface area contributed by atoms with Crippen LogP contribution in [0.15, 0.2) is 72.0 Å². The number of aromatic nitrogens is 2. The lowest BCUT2D eigenvalue weighted by Crippen LogP contribution is -2.23. The smallest absolute Gasteiger partial charge is 0.193 e.